The minimum absolute atomic E-state index is 0.180. The van der Waals surface area contributed by atoms with Crippen molar-refractivity contribution in [2.75, 3.05) is 18.1 Å². The summed E-state index contributed by atoms with van der Waals surface area (Å²) in [5.74, 6) is -0.888. The number of anilines is 1. The van der Waals surface area contributed by atoms with Gasteiger partial charge in [0.05, 0.1) is 18.3 Å². The smallest absolute Gasteiger partial charge is 0.335 e. The third kappa shape index (κ3) is 2.58. The van der Waals surface area contributed by atoms with E-state index in [0.29, 0.717) is 12.2 Å². The zero-order chi connectivity index (χ0) is 12.4. The lowest BCUT2D eigenvalue weighted by molar-refractivity contribution is 0.0344. The fourth-order valence-corrected chi connectivity index (χ4v) is 2.08. The van der Waals surface area contributed by atoms with Gasteiger partial charge in [-0.05, 0) is 32.0 Å². The van der Waals surface area contributed by atoms with Gasteiger partial charge in [-0.2, -0.15) is 0 Å². The maximum Gasteiger partial charge on any atom is 0.335 e. The number of morpholine rings is 1. The zero-order valence-corrected chi connectivity index (χ0v) is 10.1. The van der Waals surface area contributed by atoms with Gasteiger partial charge in [-0.3, -0.25) is 0 Å². The van der Waals surface area contributed by atoms with Crippen LogP contribution >= 0.6 is 0 Å². The van der Waals surface area contributed by atoms with Crippen molar-refractivity contribution in [1.82, 2.24) is 0 Å². The van der Waals surface area contributed by atoms with Crippen LogP contribution < -0.4 is 4.90 Å². The van der Waals surface area contributed by atoms with Gasteiger partial charge >= 0.3 is 5.97 Å². The predicted octanol–water partition coefficient (Wildman–Crippen LogP) is 2.00. The van der Waals surface area contributed by atoms with Crippen molar-refractivity contribution in [2.45, 2.75) is 26.0 Å². The fourth-order valence-electron chi connectivity index (χ4n) is 2.08. The number of nitrogens with zero attached hydrogens (tertiary/aromatic N) is 1. The van der Waals surface area contributed by atoms with Gasteiger partial charge in [0, 0.05) is 18.3 Å². The van der Waals surface area contributed by atoms with Crippen molar-refractivity contribution in [3.05, 3.63) is 29.8 Å². The number of hydrogen-bond acceptors (Lipinski definition) is 3. The Bertz CT molecular complexity index is 419. The molecule has 0 aromatic heterocycles. The van der Waals surface area contributed by atoms with Crippen LogP contribution in [0.3, 0.4) is 0 Å². The first-order valence-corrected chi connectivity index (χ1v) is 5.79. The minimum atomic E-state index is -0.888. The van der Waals surface area contributed by atoms with Crippen molar-refractivity contribution in [3.63, 3.8) is 0 Å². The van der Waals surface area contributed by atoms with Crippen LogP contribution in [0, 0.1) is 0 Å². The average Bonchev–Trinajstić information content (AvgIpc) is 2.32. The van der Waals surface area contributed by atoms with Crippen molar-refractivity contribution in [2.24, 2.45) is 0 Å². The summed E-state index contributed by atoms with van der Waals surface area (Å²) < 4.78 is 5.56. The van der Waals surface area contributed by atoms with E-state index in [0.717, 1.165) is 12.2 Å². The molecule has 0 spiro atoms. The van der Waals surface area contributed by atoms with Gasteiger partial charge in [0.2, 0.25) is 0 Å². The fraction of sp³-hybridized carbons (Fsp3) is 0.462. The molecule has 1 aliphatic heterocycles. The number of carboxylic acid groups (broad SMARTS) is 1. The number of carbonyl (C=O) groups is 1. The number of rotatable bonds is 2. The maximum atomic E-state index is 10.9. The van der Waals surface area contributed by atoms with Gasteiger partial charge < -0.3 is 14.7 Å². The van der Waals surface area contributed by atoms with E-state index in [1.165, 1.54) is 0 Å². The second-order valence-electron chi connectivity index (χ2n) is 4.50. The Balaban J connectivity index is 2.26. The standard InChI is InChI=1S/C13H17NO3/c1-9-8-17-10(2)7-14(9)12-5-3-4-11(6-12)13(15)16/h3-6,9-10H,7-8H2,1-2H3,(H,15,16). The first kappa shape index (κ1) is 11.9. The monoisotopic (exact) mass is 235 g/mol. The predicted molar refractivity (Wildman–Crippen MR) is 65.6 cm³/mol. The van der Waals surface area contributed by atoms with Gasteiger partial charge in [0.25, 0.3) is 0 Å². The molecule has 0 saturated carbocycles. The topological polar surface area (TPSA) is 49.8 Å². The molecule has 0 radical (unpaired) electrons. The molecule has 1 fully saturated rings. The van der Waals surface area contributed by atoms with Crippen LogP contribution in [0.1, 0.15) is 24.2 Å². The van der Waals surface area contributed by atoms with E-state index in [1.54, 1.807) is 18.2 Å². The molecule has 0 aliphatic carbocycles. The SMILES string of the molecule is CC1CN(c2cccc(C(=O)O)c2)C(C)CO1. The largest absolute Gasteiger partial charge is 0.478 e. The average molecular weight is 235 g/mol. The minimum Gasteiger partial charge on any atom is -0.478 e. The molecule has 1 aromatic carbocycles. The summed E-state index contributed by atoms with van der Waals surface area (Å²) in [6.07, 6.45) is 0.180. The van der Waals surface area contributed by atoms with Gasteiger partial charge in [-0.25, -0.2) is 4.79 Å². The van der Waals surface area contributed by atoms with E-state index in [1.807, 2.05) is 13.0 Å². The van der Waals surface area contributed by atoms with Crippen LogP contribution in [0.15, 0.2) is 24.3 Å². The van der Waals surface area contributed by atoms with Crippen LogP contribution in [0.25, 0.3) is 0 Å². The van der Waals surface area contributed by atoms with E-state index < -0.39 is 5.97 Å². The summed E-state index contributed by atoms with van der Waals surface area (Å²) in [5.41, 5.74) is 1.28. The third-order valence-corrected chi connectivity index (χ3v) is 3.03. The highest BCUT2D eigenvalue weighted by Gasteiger charge is 2.23. The number of hydrogen-bond donors (Lipinski definition) is 1. The van der Waals surface area contributed by atoms with Crippen LogP contribution in [0.2, 0.25) is 0 Å². The van der Waals surface area contributed by atoms with Gasteiger partial charge in [-0.15, -0.1) is 0 Å². The molecule has 1 N–H and O–H groups in total. The van der Waals surface area contributed by atoms with E-state index in [-0.39, 0.29) is 12.1 Å². The van der Waals surface area contributed by atoms with E-state index in [9.17, 15) is 4.79 Å². The molecule has 4 heteroatoms. The number of aromatic carboxylic acids is 1. The Kier molecular flexibility index (Phi) is 3.33. The summed E-state index contributed by atoms with van der Waals surface area (Å²) >= 11 is 0. The van der Waals surface area contributed by atoms with Gasteiger partial charge in [0.15, 0.2) is 0 Å². The Morgan fingerprint density at radius 3 is 2.94 bits per heavy atom. The zero-order valence-electron chi connectivity index (χ0n) is 10.1. The number of benzene rings is 1. The van der Waals surface area contributed by atoms with Crippen molar-refractivity contribution < 1.29 is 14.6 Å². The molecule has 0 amide bonds. The summed E-state index contributed by atoms with van der Waals surface area (Å²) in [5, 5.41) is 8.98. The normalized spacial score (nSPS) is 24.7. The van der Waals surface area contributed by atoms with Crippen LogP contribution in [0.5, 0.6) is 0 Å². The summed E-state index contributed by atoms with van der Waals surface area (Å²) in [6.45, 7) is 5.59. The molecule has 2 unspecified atom stereocenters. The molecule has 0 bridgehead atoms. The molecule has 1 saturated heterocycles. The van der Waals surface area contributed by atoms with Crippen LogP contribution in [0.4, 0.5) is 5.69 Å². The molecule has 2 atom stereocenters. The molecule has 1 aliphatic rings. The third-order valence-electron chi connectivity index (χ3n) is 3.03. The molecule has 2 rings (SSSR count). The Morgan fingerprint density at radius 1 is 1.47 bits per heavy atom. The van der Waals surface area contributed by atoms with Crippen molar-refractivity contribution in [1.29, 1.82) is 0 Å². The van der Waals surface area contributed by atoms with Crippen LogP contribution in [-0.4, -0.2) is 36.4 Å². The summed E-state index contributed by atoms with van der Waals surface area (Å²) in [4.78, 5) is 13.1. The number of carboxylic acids is 1. The first-order valence-electron chi connectivity index (χ1n) is 5.79. The Labute approximate surface area is 101 Å². The van der Waals surface area contributed by atoms with Crippen molar-refractivity contribution >= 4 is 11.7 Å². The molecular formula is C13H17NO3. The first-order chi connectivity index (χ1) is 8.08. The lowest BCUT2D eigenvalue weighted by Crippen LogP contribution is -2.47. The Hall–Kier alpha value is -1.55. The molecule has 92 valence electrons. The van der Waals surface area contributed by atoms with Crippen LogP contribution in [-0.2, 0) is 4.74 Å². The molecular weight excluding hydrogens is 218 g/mol. The lowest BCUT2D eigenvalue weighted by atomic mass is 10.1. The van der Waals surface area contributed by atoms with E-state index >= 15 is 0 Å². The maximum absolute atomic E-state index is 10.9. The highest BCUT2D eigenvalue weighted by atomic mass is 16.5. The van der Waals surface area contributed by atoms with E-state index in [2.05, 4.69) is 11.8 Å². The highest BCUT2D eigenvalue weighted by molar-refractivity contribution is 5.88. The molecule has 17 heavy (non-hydrogen) atoms. The quantitative estimate of drug-likeness (QED) is 0.851. The molecule has 4 nitrogen and oxygen atoms in total. The van der Waals surface area contributed by atoms with Crippen molar-refractivity contribution in [3.8, 4) is 0 Å². The van der Waals surface area contributed by atoms with E-state index in [4.69, 9.17) is 9.84 Å². The number of ether oxygens (including phenoxy) is 1. The van der Waals surface area contributed by atoms with Gasteiger partial charge in [-0.1, -0.05) is 6.07 Å². The summed E-state index contributed by atoms with van der Waals surface area (Å²) in [6, 6.07) is 7.33. The summed E-state index contributed by atoms with van der Waals surface area (Å²) in [7, 11) is 0. The molecule has 1 aromatic rings. The highest BCUT2D eigenvalue weighted by Crippen LogP contribution is 2.22. The second kappa shape index (κ2) is 4.75. The Morgan fingerprint density at radius 2 is 2.24 bits per heavy atom. The lowest BCUT2D eigenvalue weighted by Gasteiger charge is -2.38. The van der Waals surface area contributed by atoms with Gasteiger partial charge in [0.1, 0.15) is 0 Å². The molecule has 1 heterocycles. The second-order valence-corrected chi connectivity index (χ2v) is 4.50.